The second-order valence-electron chi connectivity index (χ2n) is 7.96. The molecule has 1 amide bonds. The Balaban J connectivity index is 0.000000481. The van der Waals surface area contributed by atoms with Gasteiger partial charge in [-0.3, -0.25) is 4.79 Å². The number of hydrogen-bond acceptors (Lipinski definition) is 10. The minimum absolute atomic E-state index is 0.0907. The lowest BCUT2D eigenvalue weighted by Crippen LogP contribution is -2.51. The van der Waals surface area contributed by atoms with Crippen LogP contribution in [0.4, 0.5) is 11.8 Å². The third-order valence-electron chi connectivity index (χ3n) is 5.66. The molecule has 1 aromatic carbocycles. The number of aromatic nitrogens is 2. The minimum Gasteiger partial charge on any atom is -0.493 e. The molecule has 34 heavy (non-hydrogen) atoms. The third-order valence-corrected chi connectivity index (χ3v) is 5.66. The number of carbonyl (C=O) groups excluding carboxylic acids is 1. The molecule has 0 saturated carbocycles. The number of piperazine rings is 1. The highest BCUT2D eigenvalue weighted by Gasteiger charge is 2.31. The summed E-state index contributed by atoms with van der Waals surface area (Å²) < 4.78 is 16.2. The Bertz CT molecular complexity index is 1020. The number of aliphatic hydroxyl groups is 1. The Hall–Kier alpha value is -3.38. The predicted octanol–water partition coefficient (Wildman–Crippen LogP) is 0.509. The Morgan fingerprint density at radius 3 is 2.29 bits per heavy atom. The number of aliphatic carboxylic acids is 1. The van der Waals surface area contributed by atoms with Gasteiger partial charge in [-0.1, -0.05) is 0 Å². The zero-order valence-corrected chi connectivity index (χ0v) is 19.6. The molecule has 4 N–H and O–H groups in total. The number of methoxy groups -OCH3 is 2. The van der Waals surface area contributed by atoms with Gasteiger partial charge in [0.1, 0.15) is 18.0 Å². The fraction of sp³-hybridized carbons (Fsp3) is 0.545. The van der Waals surface area contributed by atoms with Gasteiger partial charge < -0.3 is 40.0 Å². The third kappa shape index (κ3) is 5.75. The zero-order valence-electron chi connectivity index (χ0n) is 19.6. The maximum atomic E-state index is 12.5. The molecule has 12 nitrogen and oxygen atoms in total. The van der Waals surface area contributed by atoms with E-state index in [4.69, 9.17) is 30.2 Å². The topological polar surface area (TPSA) is 161 Å². The van der Waals surface area contributed by atoms with Crippen LogP contribution in [0.1, 0.15) is 19.8 Å². The van der Waals surface area contributed by atoms with Gasteiger partial charge in [-0.15, -0.1) is 0 Å². The number of carbonyl (C=O) groups is 2. The number of nitrogens with zero attached hydrogens (tertiary/aromatic N) is 4. The van der Waals surface area contributed by atoms with E-state index in [0.717, 1.165) is 12.8 Å². The highest BCUT2D eigenvalue weighted by molar-refractivity contribution is 5.91. The van der Waals surface area contributed by atoms with Gasteiger partial charge in [0, 0.05) is 44.2 Å². The first-order valence-electron chi connectivity index (χ1n) is 11.0. The molecule has 0 radical (unpaired) electrons. The summed E-state index contributed by atoms with van der Waals surface area (Å²) in [6, 6.07) is 3.58. The summed E-state index contributed by atoms with van der Waals surface area (Å²) in [7, 11) is 3.16. The van der Waals surface area contributed by atoms with Crippen LogP contribution in [-0.4, -0.2) is 96.2 Å². The number of carboxylic acid groups (broad SMARTS) is 1. The van der Waals surface area contributed by atoms with Gasteiger partial charge in [0.05, 0.1) is 19.7 Å². The predicted molar refractivity (Wildman–Crippen MR) is 124 cm³/mol. The zero-order chi connectivity index (χ0) is 24.8. The lowest BCUT2D eigenvalue weighted by molar-refractivity contribution is -0.145. The number of anilines is 2. The normalized spacial score (nSPS) is 18.8. The first kappa shape index (κ1) is 25.2. The van der Waals surface area contributed by atoms with Crippen molar-refractivity contribution in [1.82, 2.24) is 14.9 Å². The van der Waals surface area contributed by atoms with Crippen molar-refractivity contribution in [1.29, 1.82) is 0 Å². The average Bonchev–Trinajstić information content (AvgIpc) is 3.38. The van der Waals surface area contributed by atoms with Gasteiger partial charge in [-0.05, 0) is 25.8 Å². The molecule has 0 bridgehead atoms. The van der Waals surface area contributed by atoms with Gasteiger partial charge in [-0.25, -0.2) is 9.78 Å². The molecule has 0 spiro atoms. The van der Waals surface area contributed by atoms with Gasteiger partial charge in [-0.2, -0.15) is 4.98 Å². The van der Waals surface area contributed by atoms with Crippen molar-refractivity contribution in [3.63, 3.8) is 0 Å². The number of carboxylic acids is 1. The Morgan fingerprint density at radius 1 is 1.15 bits per heavy atom. The first-order chi connectivity index (χ1) is 16.2. The summed E-state index contributed by atoms with van der Waals surface area (Å²) in [6.07, 6.45) is 0.260. The van der Waals surface area contributed by atoms with Crippen LogP contribution in [0.5, 0.6) is 11.5 Å². The van der Waals surface area contributed by atoms with Gasteiger partial charge in [0.25, 0.3) is 5.91 Å². The molecule has 4 rings (SSSR count). The van der Waals surface area contributed by atoms with E-state index in [1.807, 2.05) is 9.80 Å². The van der Waals surface area contributed by atoms with Crippen LogP contribution in [0.2, 0.25) is 0 Å². The van der Waals surface area contributed by atoms with Crippen LogP contribution in [0.15, 0.2) is 12.1 Å². The van der Waals surface area contributed by atoms with Crippen LogP contribution in [-0.2, 0) is 14.3 Å². The summed E-state index contributed by atoms with van der Waals surface area (Å²) in [5.41, 5.74) is 6.87. The summed E-state index contributed by atoms with van der Waals surface area (Å²) in [5, 5.41) is 16.5. The van der Waals surface area contributed by atoms with Crippen LogP contribution >= 0.6 is 0 Å². The monoisotopic (exact) mass is 477 g/mol. The van der Waals surface area contributed by atoms with E-state index < -0.39 is 12.1 Å². The van der Waals surface area contributed by atoms with Crippen LogP contribution in [0, 0.1) is 0 Å². The minimum atomic E-state index is -1.23. The van der Waals surface area contributed by atoms with Crippen molar-refractivity contribution in [2.24, 2.45) is 0 Å². The van der Waals surface area contributed by atoms with Gasteiger partial charge in [0.15, 0.2) is 11.5 Å². The molecule has 0 aliphatic carbocycles. The molecule has 2 fully saturated rings. The molecule has 186 valence electrons. The number of fused-ring (bicyclic) bond motifs is 1. The Morgan fingerprint density at radius 2 is 1.76 bits per heavy atom. The summed E-state index contributed by atoms with van der Waals surface area (Å²) in [5.74, 6) is 1.02. The summed E-state index contributed by atoms with van der Waals surface area (Å²) in [6.45, 7) is 4.41. The standard InChI is InChI=1S/C19H25N5O4.C3H6O3/c1-26-15-10-12-13(11-16(15)27-2)21-19(22-17(12)20)24-7-5-23(6-8-24)18(25)14-4-3-9-28-14;1-2(4)3(5)6/h10-11,14H,3-9H2,1-2H3,(H2,20,21,22);2,4H,1H3,(H,5,6). The maximum absolute atomic E-state index is 12.5. The molecular formula is C22H31N5O7. The van der Waals surface area contributed by atoms with Crippen LogP contribution in [0.25, 0.3) is 10.9 Å². The van der Waals surface area contributed by atoms with Crippen molar-refractivity contribution in [2.75, 3.05) is 57.6 Å². The molecule has 2 aliphatic rings. The van der Waals surface area contributed by atoms with E-state index in [1.54, 1.807) is 26.4 Å². The molecular weight excluding hydrogens is 446 g/mol. The SMILES string of the molecule is CC(O)C(=O)O.COc1cc2nc(N3CCN(C(=O)C4CCCO4)CC3)nc(N)c2cc1OC. The Kier molecular flexibility index (Phi) is 8.29. The molecule has 2 atom stereocenters. The summed E-state index contributed by atoms with van der Waals surface area (Å²) >= 11 is 0. The average molecular weight is 478 g/mol. The van der Waals surface area contributed by atoms with Gasteiger partial charge >= 0.3 is 5.97 Å². The van der Waals surface area contributed by atoms with E-state index in [9.17, 15) is 9.59 Å². The molecule has 12 heteroatoms. The number of rotatable bonds is 5. The lowest BCUT2D eigenvalue weighted by atomic mass is 10.2. The number of aliphatic hydroxyl groups excluding tert-OH is 1. The van der Waals surface area contributed by atoms with Crippen molar-refractivity contribution in [2.45, 2.75) is 32.0 Å². The molecule has 3 heterocycles. The van der Waals surface area contributed by atoms with E-state index >= 15 is 0 Å². The highest BCUT2D eigenvalue weighted by atomic mass is 16.5. The fourth-order valence-corrected chi connectivity index (χ4v) is 3.71. The molecule has 2 saturated heterocycles. The van der Waals surface area contributed by atoms with Crippen molar-refractivity contribution < 1.29 is 34.0 Å². The molecule has 2 aliphatic heterocycles. The molecule has 2 aromatic rings. The van der Waals surface area contributed by atoms with E-state index in [0.29, 0.717) is 67.0 Å². The van der Waals surface area contributed by atoms with Crippen LogP contribution < -0.4 is 20.1 Å². The fourth-order valence-electron chi connectivity index (χ4n) is 3.71. The van der Waals surface area contributed by atoms with Crippen molar-refractivity contribution >= 4 is 34.5 Å². The second-order valence-corrected chi connectivity index (χ2v) is 7.96. The number of hydrogen-bond donors (Lipinski definition) is 3. The van der Waals surface area contributed by atoms with E-state index in [1.165, 1.54) is 6.92 Å². The van der Waals surface area contributed by atoms with Gasteiger partial charge in [0.2, 0.25) is 5.95 Å². The largest absolute Gasteiger partial charge is 0.493 e. The maximum Gasteiger partial charge on any atom is 0.332 e. The second kappa shape index (κ2) is 11.2. The highest BCUT2D eigenvalue weighted by Crippen LogP contribution is 2.34. The quantitative estimate of drug-likeness (QED) is 0.550. The summed E-state index contributed by atoms with van der Waals surface area (Å²) in [4.78, 5) is 35.0. The lowest BCUT2D eigenvalue weighted by Gasteiger charge is -2.35. The number of amides is 1. The van der Waals surface area contributed by atoms with Crippen molar-refractivity contribution in [3.8, 4) is 11.5 Å². The van der Waals surface area contributed by atoms with Crippen LogP contribution in [0.3, 0.4) is 0 Å². The number of nitrogens with two attached hydrogens (primary N) is 1. The first-order valence-corrected chi connectivity index (χ1v) is 11.0. The number of benzene rings is 1. The van der Waals surface area contributed by atoms with Crippen molar-refractivity contribution in [3.05, 3.63) is 12.1 Å². The van der Waals surface area contributed by atoms with E-state index in [-0.39, 0.29) is 12.0 Å². The number of nitrogen functional groups attached to an aromatic ring is 1. The molecule has 1 aromatic heterocycles. The molecule has 2 unspecified atom stereocenters. The smallest absolute Gasteiger partial charge is 0.332 e. The Labute approximate surface area is 197 Å². The van der Waals surface area contributed by atoms with E-state index in [2.05, 4.69) is 9.97 Å². The number of ether oxygens (including phenoxy) is 3.